The van der Waals surface area contributed by atoms with Crippen LogP contribution in [0, 0.1) is 0 Å². The summed E-state index contributed by atoms with van der Waals surface area (Å²) in [5, 5.41) is 0. The van der Waals surface area contributed by atoms with Gasteiger partial charge >= 0.3 is 0 Å². The van der Waals surface area contributed by atoms with Crippen LogP contribution in [0.25, 0.3) is 0 Å². The Labute approximate surface area is 110 Å². The lowest BCUT2D eigenvalue weighted by Crippen LogP contribution is -1.84. The average Bonchev–Trinajstić information content (AvgIpc) is 2.65. The van der Waals surface area contributed by atoms with E-state index in [9.17, 15) is 4.79 Å². The molecule has 0 bridgehead atoms. The van der Waals surface area contributed by atoms with Gasteiger partial charge in [0.25, 0.3) is 0 Å². The van der Waals surface area contributed by atoms with Crippen molar-refractivity contribution in [2.75, 3.05) is 0 Å². The molecular formula is C13H19BrOS. The first-order valence-electron chi connectivity index (χ1n) is 6.01. The third-order valence-electron chi connectivity index (χ3n) is 2.69. The van der Waals surface area contributed by atoms with Crippen molar-refractivity contribution in [2.45, 2.75) is 51.9 Å². The number of carbonyl (C=O) groups excluding carboxylic acids is 1. The van der Waals surface area contributed by atoms with Crippen molar-refractivity contribution in [3.05, 3.63) is 20.3 Å². The van der Waals surface area contributed by atoms with E-state index in [4.69, 9.17) is 0 Å². The molecule has 0 atom stereocenters. The van der Waals surface area contributed by atoms with Gasteiger partial charge in [0.2, 0.25) is 0 Å². The fourth-order valence-corrected chi connectivity index (χ4v) is 3.37. The molecule has 0 fully saturated rings. The molecule has 0 saturated carbocycles. The molecule has 0 aliphatic rings. The lowest BCUT2D eigenvalue weighted by atomic mass is 10.1. The molecule has 1 aromatic rings. The van der Waals surface area contributed by atoms with Crippen LogP contribution in [0.15, 0.2) is 9.85 Å². The molecule has 0 saturated heterocycles. The SMILES string of the molecule is CCCCCCCCc1cc(C=O)sc1Br. The summed E-state index contributed by atoms with van der Waals surface area (Å²) in [6.45, 7) is 2.24. The molecule has 1 rings (SSSR count). The van der Waals surface area contributed by atoms with Gasteiger partial charge in [0.05, 0.1) is 8.66 Å². The van der Waals surface area contributed by atoms with Gasteiger partial charge < -0.3 is 0 Å². The van der Waals surface area contributed by atoms with E-state index in [1.807, 2.05) is 6.07 Å². The predicted molar refractivity (Wildman–Crippen MR) is 74.5 cm³/mol. The van der Waals surface area contributed by atoms with Crippen LogP contribution in [-0.4, -0.2) is 6.29 Å². The molecule has 0 spiro atoms. The van der Waals surface area contributed by atoms with Crippen molar-refractivity contribution in [2.24, 2.45) is 0 Å². The highest BCUT2D eigenvalue weighted by molar-refractivity contribution is 9.11. The maximum Gasteiger partial charge on any atom is 0.160 e. The van der Waals surface area contributed by atoms with Crippen molar-refractivity contribution in [3.63, 3.8) is 0 Å². The predicted octanol–water partition coefficient (Wildman–Crippen LogP) is 5.23. The Bertz CT molecular complexity index is 320. The molecule has 3 heteroatoms. The Morgan fingerprint density at radius 2 is 1.94 bits per heavy atom. The summed E-state index contributed by atoms with van der Waals surface area (Å²) in [6.07, 6.45) is 9.93. The summed E-state index contributed by atoms with van der Waals surface area (Å²) in [5.41, 5.74) is 1.29. The average molecular weight is 303 g/mol. The Balaban J connectivity index is 2.21. The number of hydrogen-bond acceptors (Lipinski definition) is 2. The third-order valence-corrected chi connectivity index (χ3v) is 4.58. The van der Waals surface area contributed by atoms with Crippen LogP contribution < -0.4 is 0 Å². The monoisotopic (exact) mass is 302 g/mol. The summed E-state index contributed by atoms with van der Waals surface area (Å²) in [5.74, 6) is 0. The van der Waals surface area contributed by atoms with Crippen LogP contribution in [0.5, 0.6) is 0 Å². The van der Waals surface area contributed by atoms with E-state index in [1.165, 1.54) is 55.4 Å². The highest BCUT2D eigenvalue weighted by Gasteiger charge is 2.05. The number of carbonyl (C=O) groups is 1. The summed E-state index contributed by atoms with van der Waals surface area (Å²) in [7, 11) is 0. The minimum Gasteiger partial charge on any atom is -0.297 e. The minimum atomic E-state index is 0.827. The number of hydrogen-bond donors (Lipinski definition) is 0. The van der Waals surface area contributed by atoms with Gasteiger partial charge in [-0.25, -0.2) is 0 Å². The first-order valence-corrected chi connectivity index (χ1v) is 7.62. The Kier molecular flexibility index (Phi) is 6.97. The van der Waals surface area contributed by atoms with Gasteiger partial charge in [0, 0.05) is 0 Å². The molecule has 0 aliphatic carbocycles. The number of unbranched alkanes of at least 4 members (excludes halogenated alkanes) is 5. The molecule has 90 valence electrons. The van der Waals surface area contributed by atoms with Crippen molar-refractivity contribution in [3.8, 4) is 0 Å². The van der Waals surface area contributed by atoms with E-state index < -0.39 is 0 Å². The lowest BCUT2D eigenvalue weighted by molar-refractivity contribution is 0.112. The fourth-order valence-electron chi connectivity index (χ4n) is 1.75. The minimum absolute atomic E-state index is 0.827. The van der Waals surface area contributed by atoms with Gasteiger partial charge in [0.15, 0.2) is 6.29 Å². The second-order valence-corrected chi connectivity index (χ2v) is 6.49. The lowest BCUT2D eigenvalue weighted by Gasteiger charge is -2.00. The molecule has 1 heterocycles. The van der Waals surface area contributed by atoms with Gasteiger partial charge in [-0.05, 0) is 40.4 Å². The molecule has 0 unspecified atom stereocenters. The highest BCUT2D eigenvalue weighted by Crippen LogP contribution is 2.28. The van der Waals surface area contributed by atoms with E-state index in [0.29, 0.717) is 0 Å². The second-order valence-electron chi connectivity index (χ2n) is 4.08. The Morgan fingerprint density at radius 3 is 2.56 bits per heavy atom. The maximum atomic E-state index is 10.6. The van der Waals surface area contributed by atoms with Crippen LogP contribution in [0.1, 0.15) is 60.7 Å². The number of aldehydes is 1. The quantitative estimate of drug-likeness (QED) is 0.475. The topological polar surface area (TPSA) is 17.1 Å². The molecule has 0 radical (unpaired) electrons. The van der Waals surface area contributed by atoms with Crippen LogP contribution in [0.3, 0.4) is 0 Å². The summed E-state index contributed by atoms with van der Waals surface area (Å²) in [4.78, 5) is 11.4. The number of rotatable bonds is 8. The molecule has 1 nitrogen and oxygen atoms in total. The number of halogens is 1. The maximum absolute atomic E-state index is 10.6. The van der Waals surface area contributed by atoms with Gasteiger partial charge in [-0.1, -0.05) is 39.0 Å². The standard InChI is InChI=1S/C13H19BrOS/c1-2-3-4-5-6-7-8-11-9-12(10-15)16-13(11)14/h9-10H,2-8H2,1H3. The molecule has 0 N–H and O–H groups in total. The zero-order valence-corrected chi connectivity index (χ0v) is 12.2. The fraction of sp³-hybridized carbons (Fsp3) is 0.615. The summed E-state index contributed by atoms with van der Waals surface area (Å²) >= 11 is 5.05. The molecule has 0 aromatic carbocycles. The van der Waals surface area contributed by atoms with Crippen LogP contribution >= 0.6 is 27.3 Å². The first-order chi connectivity index (χ1) is 7.77. The van der Waals surface area contributed by atoms with Gasteiger partial charge in [-0.3, -0.25) is 4.79 Å². The van der Waals surface area contributed by atoms with E-state index in [0.717, 1.165) is 21.4 Å². The zero-order valence-electron chi connectivity index (χ0n) is 9.80. The summed E-state index contributed by atoms with van der Waals surface area (Å²) in [6, 6.07) is 2.01. The smallest absolute Gasteiger partial charge is 0.160 e. The van der Waals surface area contributed by atoms with Crippen molar-refractivity contribution in [1.29, 1.82) is 0 Å². The largest absolute Gasteiger partial charge is 0.297 e. The Morgan fingerprint density at radius 1 is 1.25 bits per heavy atom. The van der Waals surface area contributed by atoms with Crippen LogP contribution in [0.4, 0.5) is 0 Å². The Hall–Kier alpha value is -0.150. The van der Waals surface area contributed by atoms with Gasteiger partial charge in [-0.15, -0.1) is 11.3 Å². The molecule has 0 aliphatic heterocycles. The van der Waals surface area contributed by atoms with E-state index in [2.05, 4.69) is 22.9 Å². The van der Waals surface area contributed by atoms with E-state index >= 15 is 0 Å². The third kappa shape index (κ3) is 4.79. The highest BCUT2D eigenvalue weighted by atomic mass is 79.9. The first kappa shape index (κ1) is 13.9. The molecule has 1 aromatic heterocycles. The van der Waals surface area contributed by atoms with Crippen molar-refractivity contribution < 1.29 is 4.79 Å². The van der Waals surface area contributed by atoms with Gasteiger partial charge in [0.1, 0.15) is 0 Å². The van der Waals surface area contributed by atoms with E-state index in [-0.39, 0.29) is 0 Å². The second kappa shape index (κ2) is 8.02. The van der Waals surface area contributed by atoms with Crippen molar-refractivity contribution in [1.82, 2.24) is 0 Å². The normalized spacial score (nSPS) is 10.6. The van der Waals surface area contributed by atoms with Gasteiger partial charge in [-0.2, -0.15) is 0 Å². The van der Waals surface area contributed by atoms with Crippen molar-refractivity contribution >= 4 is 33.6 Å². The molecule has 0 amide bonds. The van der Waals surface area contributed by atoms with E-state index in [1.54, 1.807) is 0 Å². The molecule has 16 heavy (non-hydrogen) atoms. The van der Waals surface area contributed by atoms with Crippen LogP contribution in [-0.2, 0) is 6.42 Å². The molecular weight excluding hydrogens is 284 g/mol. The summed E-state index contributed by atoms with van der Waals surface area (Å²) < 4.78 is 1.13. The number of aryl methyl sites for hydroxylation is 1. The zero-order chi connectivity index (χ0) is 11.8. The van der Waals surface area contributed by atoms with Crippen LogP contribution in [0.2, 0.25) is 0 Å². The number of thiophene rings is 1.